The van der Waals surface area contributed by atoms with Crippen LogP contribution in [0.15, 0.2) is 23.4 Å². The van der Waals surface area contributed by atoms with Crippen LogP contribution in [-0.2, 0) is 14.6 Å². The predicted molar refractivity (Wildman–Crippen MR) is 94.6 cm³/mol. The van der Waals surface area contributed by atoms with Gasteiger partial charge in [0.25, 0.3) is 0 Å². The van der Waals surface area contributed by atoms with Crippen molar-refractivity contribution in [3.63, 3.8) is 0 Å². The molecule has 1 aromatic heterocycles. The molecule has 1 saturated heterocycles. The molecule has 1 aliphatic heterocycles. The predicted octanol–water partition coefficient (Wildman–Crippen LogP) is 0.675. The number of tetrazole rings is 1. The van der Waals surface area contributed by atoms with Gasteiger partial charge in [-0.05, 0) is 54.0 Å². The maximum atomic E-state index is 12.1. The quantitative estimate of drug-likeness (QED) is 0.759. The van der Waals surface area contributed by atoms with E-state index in [-0.39, 0.29) is 29.2 Å². The van der Waals surface area contributed by atoms with E-state index in [0.29, 0.717) is 11.6 Å². The normalized spacial score (nSPS) is 19.0. The van der Waals surface area contributed by atoms with Crippen LogP contribution in [0.3, 0.4) is 0 Å². The van der Waals surface area contributed by atoms with Crippen molar-refractivity contribution >= 4 is 27.5 Å². The molecule has 0 unspecified atom stereocenters. The number of aromatic nitrogens is 4. The molecular weight excluding hydrogens is 362 g/mol. The third-order valence-corrected chi connectivity index (χ3v) is 6.51. The Hall–Kier alpha value is -1.94. The first-order valence-electron chi connectivity index (χ1n) is 7.82. The van der Waals surface area contributed by atoms with E-state index in [9.17, 15) is 13.2 Å². The van der Waals surface area contributed by atoms with Crippen molar-refractivity contribution in [3.05, 3.63) is 29.3 Å². The lowest BCUT2D eigenvalue weighted by molar-refractivity contribution is -0.119. The minimum absolute atomic E-state index is 0.0176. The molecule has 10 heteroatoms. The summed E-state index contributed by atoms with van der Waals surface area (Å²) in [4.78, 5) is 12.1. The Bertz CT molecular complexity index is 874. The van der Waals surface area contributed by atoms with Crippen LogP contribution in [0.4, 0.5) is 0 Å². The average Bonchev–Trinajstić information content (AvgIpc) is 3.10. The van der Waals surface area contributed by atoms with Crippen LogP contribution in [-0.4, -0.2) is 57.8 Å². The molecule has 1 aliphatic rings. The highest BCUT2D eigenvalue weighted by Crippen LogP contribution is 2.20. The van der Waals surface area contributed by atoms with E-state index in [1.165, 1.54) is 11.8 Å². The number of aryl methyl sites for hydroxylation is 2. The lowest BCUT2D eigenvalue weighted by Crippen LogP contribution is -2.36. The number of amides is 1. The second-order valence-corrected chi connectivity index (χ2v) is 9.35. The van der Waals surface area contributed by atoms with Crippen molar-refractivity contribution in [3.8, 4) is 5.69 Å². The van der Waals surface area contributed by atoms with E-state index in [4.69, 9.17) is 0 Å². The number of thioether (sulfide) groups is 1. The first kappa shape index (κ1) is 17.9. The van der Waals surface area contributed by atoms with Crippen molar-refractivity contribution in [1.29, 1.82) is 0 Å². The SMILES string of the molecule is Cc1cc(C)cc(-n2nnnc2SCC(=O)N[C@@H]2CCS(=O)(=O)C2)c1. The molecule has 0 radical (unpaired) electrons. The number of carbonyl (C=O) groups excluding carboxylic acids is 1. The van der Waals surface area contributed by atoms with Gasteiger partial charge in [0.15, 0.2) is 9.84 Å². The Morgan fingerprint density at radius 1 is 1.32 bits per heavy atom. The highest BCUT2D eigenvalue weighted by molar-refractivity contribution is 7.99. The van der Waals surface area contributed by atoms with E-state index in [1.807, 2.05) is 26.0 Å². The average molecular weight is 381 g/mol. The van der Waals surface area contributed by atoms with Crippen molar-refractivity contribution in [2.45, 2.75) is 31.5 Å². The van der Waals surface area contributed by atoms with Crippen molar-refractivity contribution in [2.24, 2.45) is 0 Å². The van der Waals surface area contributed by atoms with Crippen LogP contribution < -0.4 is 5.32 Å². The fourth-order valence-electron chi connectivity index (χ4n) is 2.81. The highest BCUT2D eigenvalue weighted by Gasteiger charge is 2.28. The number of nitrogens with one attached hydrogen (secondary N) is 1. The lowest BCUT2D eigenvalue weighted by Gasteiger charge is -2.10. The number of hydrogen-bond acceptors (Lipinski definition) is 7. The highest BCUT2D eigenvalue weighted by atomic mass is 32.2. The van der Waals surface area contributed by atoms with Crippen molar-refractivity contribution in [1.82, 2.24) is 25.5 Å². The molecule has 134 valence electrons. The van der Waals surface area contributed by atoms with Crippen molar-refractivity contribution < 1.29 is 13.2 Å². The Morgan fingerprint density at radius 2 is 2.04 bits per heavy atom. The summed E-state index contributed by atoms with van der Waals surface area (Å²) in [5.74, 6) is 0.0589. The Labute approximate surface area is 150 Å². The standard InChI is InChI=1S/C15H19N5O3S2/c1-10-5-11(2)7-13(6-10)20-15(17-18-19-20)24-8-14(21)16-12-3-4-25(22,23)9-12/h5-7,12H,3-4,8-9H2,1-2H3,(H,16,21)/t12-/m1/s1. The zero-order valence-electron chi connectivity index (χ0n) is 14.0. The van der Waals surface area contributed by atoms with Gasteiger partial charge in [-0.25, -0.2) is 8.42 Å². The molecule has 1 atom stereocenters. The summed E-state index contributed by atoms with van der Waals surface area (Å²) in [5.41, 5.74) is 3.04. The van der Waals surface area contributed by atoms with Gasteiger partial charge in [0.2, 0.25) is 11.1 Å². The van der Waals surface area contributed by atoms with Gasteiger partial charge in [-0.2, -0.15) is 4.68 Å². The first-order valence-corrected chi connectivity index (χ1v) is 10.6. The van der Waals surface area contributed by atoms with Crippen LogP contribution >= 0.6 is 11.8 Å². The van der Waals surface area contributed by atoms with Crippen LogP contribution in [0.25, 0.3) is 5.69 Å². The second-order valence-electron chi connectivity index (χ2n) is 6.18. The van der Waals surface area contributed by atoms with Crippen LogP contribution in [0.5, 0.6) is 0 Å². The van der Waals surface area contributed by atoms with E-state index < -0.39 is 9.84 Å². The van der Waals surface area contributed by atoms with Crippen LogP contribution in [0, 0.1) is 13.8 Å². The molecule has 3 rings (SSSR count). The zero-order chi connectivity index (χ0) is 18.0. The van der Waals surface area contributed by atoms with Crippen LogP contribution in [0.1, 0.15) is 17.5 Å². The topological polar surface area (TPSA) is 107 Å². The molecule has 0 saturated carbocycles. The van der Waals surface area contributed by atoms with Gasteiger partial charge in [-0.15, -0.1) is 5.10 Å². The Balaban J connectivity index is 1.63. The van der Waals surface area contributed by atoms with Crippen molar-refractivity contribution in [2.75, 3.05) is 17.3 Å². The summed E-state index contributed by atoms with van der Waals surface area (Å²) in [6.07, 6.45) is 0.471. The van der Waals surface area contributed by atoms with Gasteiger partial charge < -0.3 is 5.32 Å². The number of carbonyl (C=O) groups is 1. The molecule has 0 bridgehead atoms. The number of sulfone groups is 1. The number of nitrogens with zero attached hydrogens (tertiary/aromatic N) is 4. The maximum Gasteiger partial charge on any atom is 0.230 e. The number of rotatable bonds is 5. The van der Waals surface area contributed by atoms with E-state index in [1.54, 1.807) is 4.68 Å². The molecule has 1 aromatic carbocycles. The molecule has 1 N–H and O–H groups in total. The summed E-state index contributed by atoms with van der Waals surface area (Å²) in [7, 11) is -3.01. The third-order valence-electron chi connectivity index (χ3n) is 3.82. The molecule has 2 heterocycles. The molecule has 25 heavy (non-hydrogen) atoms. The summed E-state index contributed by atoms with van der Waals surface area (Å²) in [6.45, 7) is 3.99. The minimum Gasteiger partial charge on any atom is -0.352 e. The van der Waals surface area contributed by atoms with Gasteiger partial charge in [0.1, 0.15) is 0 Å². The smallest absolute Gasteiger partial charge is 0.230 e. The lowest BCUT2D eigenvalue weighted by atomic mass is 10.1. The largest absolute Gasteiger partial charge is 0.352 e. The fraction of sp³-hybridized carbons (Fsp3) is 0.467. The van der Waals surface area contributed by atoms with Gasteiger partial charge in [-0.3, -0.25) is 4.79 Å². The summed E-state index contributed by atoms with van der Waals surface area (Å²) in [5, 5.41) is 14.9. The van der Waals surface area contributed by atoms with Gasteiger partial charge >= 0.3 is 0 Å². The maximum absolute atomic E-state index is 12.1. The van der Waals surface area contributed by atoms with E-state index >= 15 is 0 Å². The zero-order valence-corrected chi connectivity index (χ0v) is 15.6. The molecule has 2 aromatic rings. The molecular formula is C15H19N5O3S2. The Kier molecular flexibility index (Phi) is 5.09. The Morgan fingerprint density at radius 3 is 2.68 bits per heavy atom. The number of hydrogen-bond donors (Lipinski definition) is 1. The summed E-state index contributed by atoms with van der Waals surface area (Å²) < 4.78 is 24.5. The minimum atomic E-state index is -3.01. The molecule has 1 amide bonds. The van der Waals surface area contributed by atoms with Gasteiger partial charge in [0, 0.05) is 6.04 Å². The third kappa shape index (κ3) is 4.57. The van der Waals surface area contributed by atoms with Crippen LogP contribution in [0.2, 0.25) is 0 Å². The molecule has 8 nitrogen and oxygen atoms in total. The van der Waals surface area contributed by atoms with E-state index in [0.717, 1.165) is 16.8 Å². The first-order chi connectivity index (χ1) is 11.8. The second kappa shape index (κ2) is 7.12. The molecule has 0 aliphatic carbocycles. The summed E-state index contributed by atoms with van der Waals surface area (Å²) in [6, 6.07) is 5.70. The molecule has 1 fully saturated rings. The monoisotopic (exact) mass is 381 g/mol. The summed E-state index contributed by atoms with van der Waals surface area (Å²) >= 11 is 1.22. The fourth-order valence-corrected chi connectivity index (χ4v) is 5.19. The van der Waals surface area contributed by atoms with Gasteiger partial charge in [0.05, 0.1) is 22.9 Å². The van der Waals surface area contributed by atoms with Gasteiger partial charge in [-0.1, -0.05) is 17.8 Å². The van der Waals surface area contributed by atoms with E-state index in [2.05, 4.69) is 26.9 Å². The number of benzene rings is 1. The molecule has 0 spiro atoms.